The maximum absolute atomic E-state index is 2.34. The summed E-state index contributed by atoms with van der Waals surface area (Å²) < 4.78 is 1.28. The molecule has 0 aliphatic rings. The van der Waals surface area contributed by atoms with Crippen molar-refractivity contribution in [2.24, 2.45) is 0 Å². The molecule has 18 heavy (non-hydrogen) atoms. The fourth-order valence-electron chi connectivity index (χ4n) is 2.09. The van der Waals surface area contributed by atoms with Crippen molar-refractivity contribution in [1.29, 1.82) is 0 Å². The Morgan fingerprint density at radius 1 is 0.778 bits per heavy atom. The Morgan fingerprint density at radius 3 is 1.89 bits per heavy atom. The summed E-state index contributed by atoms with van der Waals surface area (Å²) in [6.45, 7) is 2.25. The molecule has 0 spiro atoms. The third-order valence-corrected chi connectivity index (χ3v) is 3.92. The van der Waals surface area contributed by atoms with Gasteiger partial charge in [0.05, 0.1) is 0 Å². The highest BCUT2D eigenvalue weighted by Crippen LogP contribution is 2.21. The number of benzene rings is 2. The van der Waals surface area contributed by atoms with Crippen molar-refractivity contribution in [2.75, 3.05) is 0 Å². The van der Waals surface area contributed by atoms with Gasteiger partial charge in [0.1, 0.15) is 0 Å². The van der Waals surface area contributed by atoms with E-state index in [-0.39, 0.29) is 0 Å². The van der Waals surface area contributed by atoms with E-state index in [0.29, 0.717) is 0 Å². The lowest BCUT2D eigenvalue weighted by Crippen LogP contribution is -1.86. The first kappa shape index (κ1) is 13.6. The normalized spacial score (nSPS) is 10.6. The molecular weight excluding hydrogens is 331 g/mol. The van der Waals surface area contributed by atoms with Gasteiger partial charge in [-0.3, -0.25) is 0 Å². The quantitative estimate of drug-likeness (QED) is 0.480. The Balaban J connectivity index is 2.05. The average molecular weight is 350 g/mol. The van der Waals surface area contributed by atoms with Crippen LogP contribution in [0.5, 0.6) is 0 Å². The molecule has 2 rings (SSSR count). The summed E-state index contributed by atoms with van der Waals surface area (Å²) in [6.07, 6.45) is 5.14. The van der Waals surface area contributed by atoms with Gasteiger partial charge >= 0.3 is 0 Å². The Morgan fingerprint density at radius 2 is 1.33 bits per heavy atom. The third kappa shape index (κ3) is 3.84. The minimum absolute atomic E-state index is 1.21. The summed E-state index contributed by atoms with van der Waals surface area (Å²) in [5, 5.41) is 0. The Bertz CT molecular complexity index is 468. The number of hydrogen-bond acceptors (Lipinski definition) is 0. The van der Waals surface area contributed by atoms with Gasteiger partial charge in [-0.2, -0.15) is 0 Å². The van der Waals surface area contributed by atoms with Gasteiger partial charge in [0, 0.05) is 3.57 Å². The minimum Gasteiger partial charge on any atom is -0.0654 e. The SMILES string of the molecule is CCCCCc1ccc(-c2ccc(I)cc2)cc1. The first-order valence-electron chi connectivity index (χ1n) is 6.64. The van der Waals surface area contributed by atoms with E-state index in [2.05, 4.69) is 78.0 Å². The van der Waals surface area contributed by atoms with Crippen molar-refractivity contribution in [2.45, 2.75) is 32.6 Å². The van der Waals surface area contributed by atoms with E-state index in [4.69, 9.17) is 0 Å². The van der Waals surface area contributed by atoms with Gasteiger partial charge in [0.25, 0.3) is 0 Å². The lowest BCUT2D eigenvalue weighted by molar-refractivity contribution is 0.717. The van der Waals surface area contributed by atoms with Crippen LogP contribution < -0.4 is 0 Å². The van der Waals surface area contributed by atoms with E-state index < -0.39 is 0 Å². The average Bonchev–Trinajstić information content (AvgIpc) is 2.41. The zero-order chi connectivity index (χ0) is 12.8. The van der Waals surface area contributed by atoms with Crippen molar-refractivity contribution < 1.29 is 0 Å². The molecule has 0 saturated carbocycles. The second-order valence-corrected chi connectivity index (χ2v) is 5.91. The fraction of sp³-hybridized carbons (Fsp3) is 0.294. The summed E-state index contributed by atoms with van der Waals surface area (Å²) in [7, 11) is 0. The van der Waals surface area contributed by atoms with E-state index in [1.54, 1.807) is 0 Å². The smallest absolute Gasteiger partial charge is 0.0130 e. The summed E-state index contributed by atoms with van der Waals surface area (Å²) in [4.78, 5) is 0. The number of unbranched alkanes of at least 4 members (excludes halogenated alkanes) is 2. The van der Waals surface area contributed by atoms with Crippen LogP contribution in [0.25, 0.3) is 11.1 Å². The predicted molar refractivity (Wildman–Crippen MR) is 87.8 cm³/mol. The van der Waals surface area contributed by atoms with Crippen LogP contribution in [0.2, 0.25) is 0 Å². The first-order valence-corrected chi connectivity index (χ1v) is 7.72. The summed E-state index contributed by atoms with van der Waals surface area (Å²) in [5.74, 6) is 0. The van der Waals surface area contributed by atoms with Gasteiger partial charge < -0.3 is 0 Å². The van der Waals surface area contributed by atoms with Gasteiger partial charge in [-0.25, -0.2) is 0 Å². The van der Waals surface area contributed by atoms with Crippen LogP contribution in [0.3, 0.4) is 0 Å². The number of aryl methyl sites for hydroxylation is 1. The Kier molecular flexibility index (Phi) is 5.24. The second-order valence-electron chi connectivity index (χ2n) is 4.66. The lowest BCUT2D eigenvalue weighted by Gasteiger charge is -2.04. The molecule has 0 saturated heterocycles. The van der Waals surface area contributed by atoms with Gasteiger partial charge in [-0.1, -0.05) is 56.2 Å². The minimum atomic E-state index is 1.21. The molecule has 0 nitrogen and oxygen atoms in total. The number of halogens is 1. The standard InChI is InChI=1S/C17H19I/c1-2-3-4-5-14-6-8-15(9-7-14)16-10-12-17(18)13-11-16/h6-13H,2-5H2,1H3. The van der Waals surface area contributed by atoms with Gasteiger partial charge in [0.15, 0.2) is 0 Å². The summed E-state index contributed by atoms with van der Waals surface area (Å²) >= 11 is 2.34. The van der Waals surface area contributed by atoms with Crippen LogP contribution in [0, 0.1) is 3.57 Å². The van der Waals surface area contributed by atoms with E-state index in [9.17, 15) is 0 Å². The fourth-order valence-corrected chi connectivity index (χ4v) is 2.44. The molecule has 0 aromatic heterocycles. The van der Waals surface area contributed by atoms with Crippen LogP contribution in [0.1, 0.15) is 31.7 Å². The van der Waals surface area contributed by atoms with Crippen LogP contribution in [-0.2, 0) is 6.42 Å². The third-order valence-electron chi connectivity index (χ3n) is 3.20. The molecule has 0 heterocycles. The Hall–Kier alpha value is -0.830. The first-order chi connectivity index (χ1) is 8.79. The molecule has 2 aromatic rings. The zero-order valence-corrected chi connectivity index (χ0v) is 13.0. The largest absolute Gasteiger partial charge is 0.0654 e. The van der Waals surface area contributed by atoms with E-state index in [1.807, 2.05) is 0 Å². The molecule has 0 bridgehead atoms. The highest BCUT2D eigenvalue weighted by molar-refractivity contribution is 14.1. The Labute approximate surface area is 124 Å². The number of rotatable bonds is 5. The van der Waals surface area contributed by atoms with Crippen molar-refractivity contribution in [1.82, 2.24) is 0 Å². The molecule has 0 N–H and O–H groups in total. The topological polar surface area (TPSA) is 0 Å². The van der Waals surface area contributed by atoms with Crippen LogP contribution in [0.15, 0.2) is 48.5 Å². The second kappa shape index (κ2) is 6.93. The molecule has 0 aliphatic carbocycles. The zero-order valence-electron chi connectivity index (χ0n) is 10.8. The summed E-state index contributed by atoms with van der Waals surface area (Å²) in [6, 6.07) is 17.7. The lowest BCUT2D eigenvalue weighted by atomic mass is 10.0. The van der Waals surface area contributed by atoms with Crippen molar-refractivity contribution >= 4 is 22.6 Å². The monoisotopic (exact) mass is 350 g/mol. The van der Waals surface area contributed by atoms with E-state index >= 15 is 0 Å². The molecule has 0 amide bonds. The van der Waals surface area contributed by atoms with Crippen LogP contribution in [-0.4, -0.2) is 0 Å². The molecule has 0 atom stereocenters. The summed E-state index contributed by atoms with van der Waals surface area (Å²) in [5.41, 5.74) is 4.07. The molecule has 0 radical (unpaired) electrons. The van der Waals surface area contributed by atoms with Gasteiger partial charge in [-0.05, 0) is 64.3 Å². The van der Waals surface area contributed by atoms with E-state index in [0.717, 1.165) is 0 Å². The molecular formula is C17H19I. The van der Waals surface area contributed by atoms with Crippen molar-refractivity contribution in [3.63, 3.8) is 0 Å². The van der Waals surface area contributed by atoms with E-state index in [1.165, 1.54) is 45.9 Å². The molecule has 1 heteroatoms. The molecule has 0 fully saturated rings. The molecule has 0 unspecified atom stereocenters. The maximum atomic E-state index is 2.34. The molecule has 2 aromatic carbocycles. The highest BCUT2D eigenvalue weighted by atomic mass is 127. The van der Waals surface area contributed by atoms with Crippen molar-refractivity contribution in [3.05, 3.63) is 57.7 Å². The van der Waals surface area contributed by atoms with Gasteiger partial charge in [-0.15, -0.1) is 0 Å². The van der Waals surface area contributed by atoms with Crippen molar-refractivity contribution in [3.8, 4) is 11.1 Å². The molecule has 94 valence electrons. The predicted octanol–water partition coefficient (Wildman–Crippen LogP) is 5.69. The van der Waals surface area contributed by atoms with Gasteiger partial charge in [0.2, 0.25) is 0 Å². The number of hydrogen-bond donors (Lipinski definition) is 0. The van der Waals surface area contributed by atoms with Crippen LogP contribution >= 0.6 is 22.6 Å². The molecule has 0 aliphatic heterocycles. The maximum Gasteiger partial charge on any atom is 0.0130 e. The highest BCUT2D eigenvalue weighted by Gasteiger charge is 1.98. The van der Waals surface area contributed by atoms with Crippen LogP contribution in [0.4, 0.5) is 0 Å².